The van der Waals surface area contributed by atoms with Crippen LogP contribution in [0.2, 0.25) is 0 Å². The molecule has 0 amide bonds. The second-order valence-corrected chi connectivity index (χ2v) is 13.7. The standard InChI is InChI=1S/C27H46O4S/c1-18(2)7-6-8-19(3)23-11-12-24-22-10-9-20-17-21(31-32(28,29)30)13-15-26(20,4)25(22)14-16-27(23,24)5/h9,18-19,21-25H,6-8,10-17H2,1-5H3,(H,28,29,30)/t19-,21?,22?,23?,24?,25?,26+,27-/m1/s1. The van der Waals surface area contributed by atoms with Crippen LogP contribution in [-0.2, 0) is 14.6 Å². The quantitative estimate of drug-likeness (QED) is 0.318. The van der Waals surface area contributed by atoms with Gasteiger partial charge in [0, 0.05) is 0 Å². The third-order valence-electron chi connectivity index (χ3n) is 10.5. The van der Waals surface area contributed by atoms with E-state index in [1.807, 2.05) is 0 Å². The van der Waals surface area contributed by atoms with Gasteiger partial charge in [0.2, 0.25) is 0 Å². The molecule has 0 radical (unpaired) electrons. The minimum absolute atomic E-state index is 0.171. The lowest BCUT2D eigenvalue weighted by Crippen LogP contribution is -2.51. The van der Waals surface area contributed by atoms with E-state index < -0.39 is 16.5 Å². The summed E-state index contributed by atoms with van der Waals surface area (Å²) >= 11 is 0. The van der Waals surface area contributed by atoms with Gasteiger partial charge >= 0.3 is 10.4 Å². The highest BCUT2D eigenvalue weighted by Gasteiger charge is 2.59. The Morgan fingerprint density at radius 3 is 2.50 bits per heavy atom. The fourth-order valence-corrected chi connectivity index (χ4v) is 9.41. The largest absolute Gasteiger partial charge is 0.397 e. The van der Waals surface area contributed by atoms with Gasteiger partial charge in [-0.3, -0.25) is 4.55 Å². The number of hydrogen-bond acceptors (Lipinski definition) is 3. The SMILES string of the molecule is CC(C)CCC[C@@H](C)C1CCC2C3CC=C4CC(OS(=O)(=O)O)CC[C@]4(C)C3CC[C@@]21C. The van der Waals surface area contributed by atoms with Crippen molar-refractivity contribution in [3.8, 4) is 0 Å². The van der Waals surface area contributed by atoms with E-state index in [-0.39, 0.29) is 5.41 Å². The van der Waals surface area contributed by atoms with Gasteiger partial charge in [-0.2, -0.15) is 8.42 Å². The Labute approximate surface area is 196 Å². The lowest BCUT2D eigenvalue weighted by molar-refractivity contribution is -0.0560. The third-order valence-corrected chi connectivity index (χ3v) is 11.0. The van der Waals surface area contributed by atoms with Crippen LogP contribution in [0.15, 0.2) is 11.6 Å². The molecule has 0 aliphatic heterocycles. The zero-order valence-corrected chi connectivity index (χ0v) is 21.8. The molecule has 0 aromatic carbocycles. The van der Waals surface area contributed by atoms with Crippen molar-refractivity contribution in [1.29, 1.82) is 0 Å². The molecule has 5 heteroatoms. The monoisotopic (exact) mass is 466 g/mol. The maximum Gasteiger partial charge on any atom is 0.397 e. The van der Waals surface area contributed by atoms with Crippen LogP contribution in [-0.4, -0.2) is 19.1 Å². The predicted octanol–water partition coefficient (Wildman–Crippen LogP) is 7.22. The summed E-state index contributed by atoms with van der Waals surface area (Å²) in [6, 6.07) is 0. The Balaban J connectivity index is 1.47. The van der Waals surface area contributed by atoms with Crippen LogP contribution in [0.4, 0.5) is 0 Å². The molecule has 4 rings (SSSR count). The second-order valence-electron chi connectivity index (χ2n) is 12.7. The number of rotatable bonds is 7. The van der Waals surface area contributed by atoms with E-state index in [9.17, 15) is 8.42 Å². The Morgan fingerprint density at radius 1 is 1.06 bits per heavy atom. The molecule has 3 saturated carbocycles. The topological polar surface area (TPSA) is 63.6 Å². The lowest BCUT2D eigenvalue weighted by atomic mass is 9.47. The van der Waals surface area contributed by atoms with Gasteiger partial charge in [-0.1, -0.05) is 65.5 Å². The minimum Gasteiger partial charge on any atom is -0.264 e. The first-order valence-electron chi connectivity index (χ1n) is 13.3. The maximum atomic E-state index is 11.2. The first-order chi connectivity index (χ1) is 14.9. The average molecular weight is 467 g/mol. The highest BCUT2D eigenvalue weighted by Crippen LogP contribution is 2.67. The summed E-state index contributed by atoms with van der Waals surface area (Å²) in [7, 11) is -4.38. The van der Waals surface area contributed by atoms with Crippen LogP contribution < -0.4 is 0 Å². The Kier molecular flexibility index (Phi) is 6.95. The van der Waals surface area contributed by atoms with Crippen molar-refractivity contribution in [2.75, 3.05) is 0 Å². The zero-order chi connectivity index (χ0) is 23.3. The number of allylic oxidation sites excluding steroid dienone is 1. The van der Waals surface area contributed by atoms with E-state index in [0.29, 0.717) is 24.2 Å². The summed E-state index contributed by atoms with van der Waals surface area (Å²) in [5, 5.41) is 0. The van der Waals surface area contributed by atoms with Crippen LogP contribution >= 0.6 is 0 Å². The van der Waals surface area contributed by atoms with Crippen molar-refractivity contribution in [3.05, 3.63) is 11.6 Å². The van der Waals surface area contributed by atoms with Gasteiger partial charge in [-0.25, -0.2) is 4.18 Å². The molecule has 4 aliphatic carbocycles. The van der Waals surface area contributed by atoms with Gasteiger partial charge in [0.15, 0.2) is 0 Å². The van der Waals surface area contributed by atoms with Crippen molar-refractivity contribution in [2.45, 2.75) is 111 Å². The van der Waals surface area contributed by atoms with E-state index >= 15 is 0 Å². The van der Waals surface area contributed by atoms with Gasteiger partial charge in [0.1, 0.15) is 0 Å². The molecule has 4 nitrogen and oxygen atoms in total. The smallest absolute Gasteiger partial charge is 0.264 e. The molecule has 0 aromatic heterocycles. The molecule has 184 valence electrons. The highest BCUT2D eigenvalue weighted by molar-refractivity contribution is 7.80. The van der Waals surface area contributed by atoms with E-state index in [2.05, 4.69) is 40.7 Å². The summed E-state index contributed by atoms with van der Waals surface area (Å²) < 4.78 is 36.6. The average Bonchev–Trinajstić information content (AvgIpc) is 3.04. The normalized spacial score (nSPS) is 42.7. The molecular formula is C27H46O4S. The molecule has 1 N–H and O–H groups in total. The summed E-state index contributed by atoms with van der Waals surface area (Å²) in [6.45, 7) is 12.3. The van der Waals surface area contributed by atoms with Crippen molar-refractivity contribution >= 4 is 10.4 Å². The van der Waals surface area contributed by atoms with Crippen molar-refractivity contribution < 1.29 is 17.2 Å². The third kappa shape index (κ3) is 4.60. The van der Waals surface area contributed by atoms with E-state index in [1.165, 1.54) is 50.5 Å². The van der Waals surface area contributed by atoms with E-state index in [4.69, 9.17) is 8.74 Å². The zero-order valence-electron chi connectivity index (χ0n) is 21.0. The van der Waals surface area contributed by atoms with Gasteiger partial charge in [0.05, 0.1) is 6.10 Å². The number of fused-ring (bicyclic) bond motifs is 5. The molecule has 0 spiro atoms. The van der Waals surface area contributed by atoms with Crippen molar-refractivity contribution in [3.63, 3.8) is 0 Å². The molecule has 8 atom stereocenters. The van der Waals surface area contributed by atoms with E-state index in [1.54, 1.807) is 0 Å². The van der Waals surface area contributed by atoms with Gasteiger partial charge < -0.3 is 0 Å². The highest BCUT2D eigenvalue weighted by atomic mass is 32.3. The van der Waals surface area contributed by atoms with Gasteiger partial charge in [-0.05, 0) is 97.7 Å². The van der Waals surface area contributed by atoms with Crippen LogP contribution in [0.1, 0.15) is 105 Å². The van der Waals surface area contributed by atoms with Crippen LogP contribution in [0, 0.1) is 46.3 Å². The lowest BCUT2D eigenvalue weighted by Gasteiger charge is -2.58. The van der Waals surface area contributed by atoms with Crippen molar-refractivity contribution in [1.82, 2.24) is 0 Å². The first-order valence-corrected chi connectivity index (χ1v) is 14.7. The Bertz CT molecular complexity index is 818. The fourth-order valence-electron chi connectivity index (χ4n) is 8.91. The fraction of sp³-hybridized carbons (Fsp3) is 0.926. The Hall–Kier alpha value is -0.390. The molecular weight excluding hydrogens is 420 g/mol. The molecule has 5 unspecified atom stereocenters. The Morgan fingerprint density at radius 2 is 1.81 bits per heavy atom. The maximum absolute atomic E-state index is 11.2. The van der Waals surface area contributed by atoms with Crippen molar-refractivity contribution in [2.24, 2.45) is 46.3 Å². The second kappa shape index (κ2) is 9.00. The van der Waals surface area contributed by atoms with Crippen LogP contribution in [0.5, 0.6) is 0 Å². The molecule has 0 saturated heterocycles. The van der Waals surface area contributed by atoms with Gasteiger partial charge in [-0.15, -0.1) is 0 Å². The molecule has 3 fully saturated rings. The molecule has 0 aromatic rings. The summed E-state index contributed by atoms with van der Waals surface area (Å²) in [4.78, 5) is 0. The molecule has 4 aliphatic rings. The summed E-state index contributed by atoms with van der Waals surface area (Å²) in [5.74, 6) is 4.83. The molecule has 32 heavy (non-hydrogen) atoms. The van der Waals surface area contributed by atoms with Crippen LogP contribution in [0.3, 0.4) is 0 Å². The molecule has 0 heterocycles. The molecule has 0 bridgehead atoms. The first kappa shape index (κ1) is 24.7. The number of hydrogen-bond donors (Lipinski definition) is 1. The summed E-state index contributed by atoms with van der Waals surface area (Å²) in [5.41, 5.74) is 2.05. The minimum atomic E-state index is -4.38. The van der Waals surface area contributed by atoms with E-state index in [0.717, 1.165) is 42.4 Å². The van der Waals surface area contributed by atoms with Gasteiger partial charge in [0.25, 0.3) is 0 Å². The predicted molar refractivity (Wildman–Crippen MR) is 129 cm³/mol. The summed E-state index contributed by atoms with van der Waals surface area (Å²) in [6.07, 6.45) is 15.1. The van der Waals surface area contributed by atoms with Crippen LogP contribution in [0.25, 0.3) is 0 Å².